The van der Waals surface area contributed by atoms with Crippen LogP contribution in [-0.4, -0.2) is 26.6 Å². The predicted octanol–water partition coefficient (Wildman–Crippen LogP) is 2.22. The van der Waals surface area contributed by atoms with Crippen molar-refractivity contribution in [2.45, 2.75) is 26.4 Å². The van der Waals surface area contributed by atoms with E-state index in [2.05, 4.69) is 20.7 Å². The first-order valence-corrected chi connectivity index (χ1v) is 9.00. The molecule has 2 heterocycles. The highest BCUT2D eigenvalue weighted by atomic mass is 16.2. The molecule has 3 aromatic rings. The van der Waals surface area contributed by atoms with E-state index in [1.807, 2.05) is 51.2 Å². The van der Waals surface area contributed by atoms with Gasteiger partial charge in [-0.15, -0.1) is 0 Å². The Morgan fingerprint density at radius 2 is 1.86 bits per heavy atom. The summed E-state index contributed by atoms with van der Waals surface area (Å²) in [5, 5.41) is 10.1. The molecule has 0 aliphatic rings. The lowest BCUT2D eigenvalue weighted by molar-refractivity contribution is -0.123. The number of nitrogens with zero attached hydrogens (tertiary/aromatic N) is 3. The van der Waals surface area contributed by atoms with Crippen LogP contribution in [0.4, 0.5) is 0 Å². The number of aryl methyl sites for hydroxylation is 2. The smallest absolute Gasteiger partial charge is 0.253 e. The summed E-state index contributed by atoms with van der Waals surface area (Å²) in [5.41, 5.74) is 3.94. The van der Waals surface area contributed by atoms with E-state index < -0.39 is 6.04 Å². The molecule has 0 fully saturated rings. The number of carbonyl (C=O) groups is 2. The highest BCUT2D eigenvalue weighted by molar-refractivity contribution is 5.97. The maximum Gasteiger partial charge on any atom is 0.253 e. The molecular weight excluding hydrogens is 354 g/mol. The number of aromatic nitrogens is 3. The zero-order chi connectivity index (χ0) is 20.1. The molecule has 3 rings (SSSR count). The van der Waals surface area contributed by atoms with E-state index in [1.54, 1.807) is 23.0 Å². The van der Waals surface area contributed by atoms with Gasteiger partial charge in [-0.3, -0.25) is 19.3 Å². The van der Waals surface area contributed by atoms with E-state index in [4.69, 9.17) is 0 Å². The molecule has 144 valence electrons. The number of hydrogen-bond donors (Lipinski definition) is 2. The second-order valence-corrected chi connectivity index (χ2v) is 6.55. The number of pyridine rings is 1. The molecule has 0 aliphatic heterocycles. The standard InChI is InChI=1S/C21H23N5O2/c1-14-18(15(2)26(3)25-14)13-23-21(28)19(16-8-5-4-6-9-16)24-20(27)17-10-7-11-22-12-17/h4-12,19H,13H2,1-3H3,(H,23,28)(H,24,27)/t19-/m0/s1. The van der Waals surface area contributed by atoms with Crippen molar-refractivity contribution in [2.24, 2.45) is 7.05 Å². The van der Waals surface area contributed by atoms with Crippen LogP contribution in [0.2, 0.25) is 0 Å². The number of hydrogen-bond acceptors (Lipinski definition) is 4. The molecule has 2 N–H and O–H groups in total. The van der Waals surface area contributed by atoms with Crippen LogP contribution in [0.25, 0.3) is 0 Å². The van der Waals surface area contributed by atoms with E-state index in [1.165, 1.54) is 6.20 Å². The van der Waals surface area contributed by atoms with E-state index in [0.717, 1.165) is 17.0 Å². The van der Waals surface area contributed by atoms with Crippen LogP contribution in [0.1, 0.15) is 38.9 Å². The molecule has 0 saturated heterocycles. The lowest BCUT2D eigenvalue weighted by Crippen LogP contribution is -2.40. The summed E-state index contributed by atoms with van der Waals surface area (Å²) in [6.45, 7) is 4.21. The van der Waals surface area contributed by atoms with Crippen molar-refractivity contribution >= 4 is 11.8 Å². The minimum absolute atomic E-state index is 0.286. The average molecular weight is 377 g/mol. The van der Waals surface area contributed by atoms with Gasteiger partial charge in [0.2, 0.25) is 5.91 Å². The highest BCUT2D eigenvalue weighted by Crippen LogP contribution is 2.16. The summed E-state index contributed by atoms with van der Waals surface area (Å²) in [6.07, 6.45) is 3.06. The molecular formula is C21H23N5O2. The fourth-order valence-electron chi connectivity index (χ4n) is 3.01. The van der Waals surface area contributed by atoms with Crippen LogP contribution in [-0.2, 0) is 18.4 Å². The van der Waals surface area contributed by atoms with Crippen molar-refractivity contribution in [1.29, 1.82) is 0 Å². The lowest BCUT2D eigenvalue weighted by Gasteiger charge is -2.19. The van der Waals surface area contributed by atoms with Gasteiger partial charge in [-0.25, -0.2) is 0 Å². The summed E-state index contributed by atoms with van der Waals surface area (Å²) < 4.78 is 1.79. The molecule has 7 heteroatoms. The van der Waals surface area contributed by atoms with Gasteiger partial charge in [0.25, 0.3) is 5.91 Å². The van der Waals surface area contributed by atoms with E-state index in [-0.39, 0.29) is 11.8 Å². The Morgan fingerprint density at radius 1 is 1.11 bits per heavy atom. The van der Waals surface area contributed by atoms with Crippen molar-refractivity contribution in [3.63, 3.8) is 0 Å². The zero-order valence-corrected chi connectivity index (χ0v) is 16.1. The molecule has 0 spiro atoms. The van der Waals surface area contributed by atoms with Crippen LogP contribution in [0.15, 0.2) is 54.9 Å². The van der Waals surface area contributed by atoms with Crippen LogP contribution < -0.4 is 10.6 Å². The maximum absolute atomic E-state index is 12.9. The van der Waals surface area contributed by atoms with Crippen molar-refractivity contribution in [2.75, 3.05) is 0 Å². The molecule has 0 aliphatic carbocycles. The summed E-state index contributed by atoms with van der Waals surface area (Å²) in [4.78, 5) is 29.5. The minimum atomic E-state index is -0.814. The SMILES string of the molecule is Cc1nn(C)c(C)c1CNC(=O)[C@@H](NC(=O)c1cccnc1)c1ccccc1. The molecule has 0 bridgehead atoms. The van der Waals surface area contributed by atoms with Crippen LogP contribution in [0.3, 0.4) is 0 Å². The third kappa shape index (κ3) is 4.25. The Balaban J connectivity index is 1.78. The van der Waals surface area contributed by atoms with Gasteiger partial charge in [-0.1, -0.05) is 30.3 Å². The molecule has 7 nitrogen and oxygen atoms in total. The molecule has 2 aromatic heterocycles. The lowest BCUT2D eigenvalue weighted by atomic mass is 10.1. The maximum atomic E-state index is 12.9. The number of nitrogens with one attached hydrogen (secondary N) is 2. The van der Waals surface area contributed by atoms with Gasteiger partial charge in [0.15, 0.2) is 0 Å². The fourth-order valence-corrected chi connectivity index (χ4v) is 3.01. The van der Waals surface area contributed by atoms with Crippen molar-refractivity contribution in [1.82, 2.24) is 25.4 Å². The largest absolute Gasteiger partial charge is 0.350 e. The number of rotatable bonds is 6. The molecule has 1 aromatic carbocycles. The Labute approximate surface area is 163 Å². The Bertz CT molecular complexity index is 967. The van der Waals surface area contributed by atoms with Crippen LogP contribution in [0.5, 0.6) is 0 Å². The molecule has 0 unspecified atom stereocenters. The van der Waals surface area contributed by atoms with Crippen molar-refractivity contribution < 1.29 is 9.59 Å². The van der Waals surface area contributed by atoms with Gasteiger partial charge in [0.05, 0.1) is 11.3 Å². The first-order chi connectivity index (χ1) is 13.5. The van der Waals surface area contributed by atoms with Crippen molar-refractivity contribution in [3.8, 4) is 0 Å². The number of benzene rings is 1. The summed E-state index contributed by atoms with van der Waals surface area (Å²) in [5.74, 6) is -0.642. The Hall–Kier alpha value is -3.48. The first kappa shape index (κ1) is 19.3. The summed E-state index contributed by atoms with van der Waals surface area (Å²) in [6, 6.07) is 11.7. The van der Waals surface area contributed by atoms with Crippen molar-refractivity contribution in [3.05, 3.63) is 82.9 Å². The van der Waals surface area contributed by atoms with Gasteiger partial charge in [0.1, 0.15) is 6.04 Å². The Morgan fingerprint density at radius 3 is 2.46 bits per heavy atom. The minimum Gasteiger partial charge on any atom is -0.350 e. The zero-order valence-electron chi connectivity index (χ0n) is 16.1. The third-order valence-electron chi connectivity index (χ3n) is 4.69. The summed E-state index contributed by atoms with van der Waals surface area (Å²) in [7, 11) is 1.87. The number of carbonyl (C=O) groups excluding carboxylic acids is 2. The summed E-state index contributed by atoms with van der Waals surface area (Å²) >= 11 is 0. The van der Waals surface area contributed by atoms with Crippen LogP contribution >= 0.6 is 0 Å². The van der Waals surface area contributed by atoms with E-state index >= 15 is 0 Å². The third-order valence-corrected chi connectivity index (χ3v) is 4.69. The van der Waals surface area contributed by atoms with Gasteiger partial charge in [0, 0.05) is 37.2 Å². The quantitative estimate of drug-likeness (QED) is 0.689. The second kappa shape index (κ2) is 8.47. The highest BCUT2D eigenvalue weighted by Gasteiger charge is 2.24. The van der Waals surface area contributed by atoms with Gasteiger partial charge < -0.3 is 10.6 Å². The monoisotopic (exact) mass is 377 g/mol. The molecule has 1 atom stereocenters. The molecule has 0 radical (unpaired) electrons. The molecule has 0 saturated carbocycles. The van der Waals surface area contributed by atoms with E-state index in [0.29, 0.717) is 17.7 Å². The van der Waals surface area contributed by atoms with Gasteiger partial charge in [-0.05, 0) is 31.5 Å². The second-order valence-electron chi connectivity index (χ2n) is 6.55. The first-order valence-electron chi connectivity index (χ1n) is 9.00. The fraction of sp³-hybridized carbons (Fsp3) is 0.238. The average Bonchev–Trinajstić information content (AvgIpc) is 2.96. The normalized spacial score (nSPS) is 11.7. The number of amides is 2. The van der Waals surface area contributed by atoms with Gasteiger partial charge in [-0.2, -0.15) is 5.10 Å². The predicted molar refractivity (Wildman–Crippen MR) is 105 cm³/mol. The topological polar surface area (TPSA) is 88.9 Å². The van der Waals surface area contributed by atoms with Gasteiger partial charge >= 0.3 is 0 Å². The van der Waals surface area contributed by atoms with E-state index in [9.17, 15) is 9.59 Å². The van der Waals surface area contributed by atoms with Crippen LogP contribution in [0, 0.1) is 13.8 Å². The molecule has 2 amide bonds. The Kier molecular flexibility index (Phi) is 5.84. The molecule has 28 heavy (non-hydrogen) atoms.